The highest BCUT2D eigenvalue weighted by molar-refractivity contribution is 6.00. The number of nitrogens with zero attached hydrogens (tertiary/aromatic N) is 3. The number of rotatable bonds is 6. The van der Waals surface area contributed by atoms with Crippen molar-refractivity contribution < 1.29 is 9.94 Å². The maximum absolute atomic E-state index is 8.87. The lowest BCUT2D eigenvalue weighted by molar-refractivity contribution is 0.225. The van der Waals surface area contributed by atoms with Crippen LogP contribution in [0.15, 0.2) is 11.2 Å². The zero-order valence-corrected chi connectivity index (χ0v) is 12.3. The molecule has 0 bridgehead atoms. The molecule has 0 aromatic carbocycles. The standard InChI is InChI=1S/C14H22N4O2/c1-9-8-10(2)16-14(12(9)13(15)17-19)20-7-6-18(3)11-4-5-11/h8,11,19H,4-7H2,1-3H3,(H2,15,17). The summed E-state index contributed by atoms with van der Waals surface area (Å²) in [6.45, 7) is 5.17. The number of pyridine rings is 1. The van der Waals surface area contributed by atoms with Crippen LogP contribution < -0.4 is 10.5 Å². The van der Waals surface area contributed by atoms with E-state index < -0.39 is 0 Å². The van der Waals surface area contributed by atoms with Gasteiger partial charge in [-0.2, -0.15) is 0 Å². The van der Waals surface area contributed by atoms with Gasteiger partial charge in [0.1, 0.15) is 6.61 Å². The summed E-state index contributed by atoms with van der Waals surface area (Å²) in [6, 6.07) is 2.59. The Bertz CT molecular complexity index is 512. The summed E-state index contributed by atoms with van der Waals surface area (Å²) in [7, 11) is 2.10. The van der Waals surface area contributed by atoms with Gasteiger partial charge < -0.3 is 20.6 Å². The quantitative estimate of drug-likeness (QED) is 0.354. The molecule has 6 heteroatoms. The molecule has 3 N–H and O–H groups in total. The molecule has 0 radical (unpaired) electrons. The Hall–Kier alpha value is -1.82. The number of nitrogens with two attached hydrogens (primary N) is 1. The first-order valence-electron chi connectivity index (χ1n) is 6.82. The summed E-state index contributed by atoms with van der Waals surface area (Å²) >= 11 is 0. The number of ether oxygens (including phenoxy) is 1. The van der Waals surface area contributed by atoms with Crippen molar-refractivity contribution in [3.63, 3.8) is 0 Å². The molecule has 0 atom stereocenters. The highest BCUT2D eigenvalue weighted by atomic mass is 16.5. The van der Waals surface area contributed by atoms with Crippen LogP contribution in [0.1, 0.15) is 29.7 Å². The predicted octanol–water partition coefficient (Wildman–Crippen LogP) is 1.27. The Balaban J connectivity index is 2.08. The van der Waals surface area contributed by atoms with Crippen LogP contribution in [0.25, 0.3) is 0 Å². The molecule has 1 heterocycles. The van der Waals surface area contributed by atoms with Crippen molar-refractivity contribution in [1.29, 1.82) is 0 Å². The second-order valence-corrected chi connectivity index (χ2v) is 5.31. The van der Waals surface area contributed by atoms with Crippen molar-refractivity contribution in [2.24, 2.45) is 10.9 Å². The average molecular weight is 278 g/mol. The number of aryl methyl sites for hydroxylation is 2. The van der Waals surface area contributed by atoms with Crippen LogP contribution in [0.5, 0.6) is 5.88 Å². The molecule has 1 aromatic rings. The molecule has 20 heavy (non-hydrogen) atoms. The van der Waals surface area contributed by atoms with Crippen LogP contribution in [0.2, 0.25) is 0 Å². The predicted molar refractivity (Wildman–Crippen MR) is 77.4 cm³/mol. The molecule has 0 saturated heterocycles. The second-order valence-electron chi connectivity index (χ2n) is 5.31. The summed E-state index contributed by atoms with van der Waals surface area (Å²) in [5.74, 6) is 0.461. The van der Waals surface area contributed by atoms with Crippen molar-refractivity contribution in [3.05, 3.63) is 22.9 Å². The SMILES string of the molecule is Cc1cc(C)c(/C(N)=N/O)c(OCCN(C)C2CC2)n1. The molecule has 0 aliphatic heterocycles. The minimum absolute atomic E-state index is 0.0283. The zero-order chi connectivity index (χ0) is 14.7. The first kappa shape index (κ1) is 14.6. The number of likely N-dealkylation sites (N-methyl/N-ethyl adjacent to an activating group) is 1. The fraction of sp³-hybridized carbons (Fsp3) is 0.571. The van der Waals surface area contributed by atoms with E-state index in [1.54, 1.807) is 0 Å². The smallest absolute Gasteiger partial charge is 0.225 e. The molecule has 0 unspecified atom stereocenters. The lowest BCUT2D eigenvalue weighted by atomic mass is 10.1. The maximum atomic E-state index is 8.87. The van der Waals surface area contributed by atoms with Crippen LogP contribution in [0, 0.1) is 13.8 Å². The number of amidine groups is 1. The van der Waals surface area contributed by atoms with Gasteiger partial charge in [0.25, 0.3) is 0 Å². The van der Waals surface area contributed by atoms with Crippen LogP contribution in [-0.2, 0) is 0 Å². The van der Waals surface area contributed by atoms with Gasteiger partial charge in [-0.1, -0.05) is 5.16 Å². The first-order chi connectivity index (χ1) is 9.52. The Morgan fingerprint density at radius 1 is 1.55 bits per heavy atom. The third-order valence-corrected chi connectivity index (χ3v) is 3.53. The maximum Gasteiger partial charge on any atom is 0.225 e. The average Bonchev–Trinajstić information content (AvgIpc) is 3.21. The Morgan fingerprint density at radius 2 is 2.25 bits per heavy atom. The van der Waals surface area contributed by atoms with Crippen LogP contribution in [0.4, 0.5) is 0 Å². The van der Waals surface area contributed by atoms with Gasteiger partial charge in [-0.3, -0.25) is 0 Å². The molecule has 6 nitrogen and oxygen atoms in total. The van der Waals surface area contributed by atoms with Crippen LogP contribution in [-0.4, -0.2) is 47.2 Å². The molecule has 1 aliphatic rings. The summed E-state index contributed by atoms with van der Waals surface area (Å²) in [6.07, 6.45) is 2.54. The van der Waals surface area contributed by atoms with E-state index in [4.69, 9.17) is 15.7 Å². The van der Waals surface area contributed by atoms with E-state index >= 15 is 0 Å². The number of hydrogen-bond donors (Lipinski definition) is 2. The minimum Gasteiger partial charge on any atom is -0.476 e. The molecule has 110 valence electrons. The molecule has 0 spiro atoms. The van der Waals surface area contributed by atoms with Crippen LogP contribution in [0.3, 0.4) is 0 Å². The molecule has 0 amide bonds. The number of aromatic nitrogens is 1. The van der Waals surface area contributed by atoms with Crippen molar-refractivity contribution >= 4 is 5.84 Å². The van der Waals surface area contributed by atoms with Crippen molar-refractivity contribution in [2.75, 3.05) is 20.2 Å². The van der Waals surface area contributed by atoms with Crippen LogP contribution >= 0.6 is 0 Å². The number of oxime groups is 1. The third kappa shape index (κ3) is 3.39. The van der Waals surface area contributed by atoms with Gasteiger partial charge in [-0.15, -0.1) is 0 Å². The molecular weight excluding hydrogens is 256 g/mol. The molecular formula is C14H22N4O2. The summed E-state index contributed by atoms with van der Waals surface area (Å²) < 4.78 is 5.75. The van der Waals surface area contributed by atoms with E-state index in [-0.39, 0.29) is 5.84 Å². The summed E-state index contributed by atoms with van der Waals surface area (Å²) in [4.78, 5) is 6.63. The Morgan fingerprint density at radius 3 is 2.85 bits per heavy atom. The molecule has 2 rings (SSSR count). The molecule has 1 aliphatic carbocycles. The summed E-state index contributed by atoms with van der Waals surface area (Å²) in [5, 5.41) is 11.9. The highest BCUT2D eigenvalue weighted by Crippen LogP contribution is 2.25. The zero-order valence-electron chi connectivity index (χ0n) is 12.3. The third-order valence-electron chi connectivity index (χ3n) is 3.53. The van der Waals surface area contributed by atoms with Crippen molar-refractivity contribution in [1.82, 2.24) is 9.88 Å². The molecule has 1 saturated carbocycles. The first-order valence-corrected chi connectivity index (χ1v) is 6.82. The monoisotopic (exact) mass is 278 g/mol. The van der Waals surface area contributed by atoms with Gasteiger partial charge in [-0.25, -0.2) is 4.98 Å². The van der Waals surface area contributed by atoms with Crippen molar-refractivity contribution in [3.8, 4) is 5.88 Å². The van der Waals surface area contributed by atoms with Gasteiger partial charge in [0, 0.05) is 18.3 Å². The largest absolute Gasteiger partial charge is 0.476 e. The van der Waals surface area contributed by atoms with Gasteiger partial charge in [0.05, 0.1) is 5.56 Å². The minimum atomic E-state index is 0.0283. The van der Waals surface area contributed by atoms with Gasteiger partial charge in [-0.05, 0) is 45.4 Å². The van der Waals surface area contributed by atoms with E-state index in [2.05, 4.69) is 22.1 Å². The van der Waals surface area contributed by atoms with E-state index in [9.17, 15) is 0 Å². The Kier molecular flexibility index (Phi) is 4.44. The highest BCUT2D eigenvalue weighted by Gasteiger charge is 2.25. The molecule has 1 aromatic heterocycles. The number of hydrogen-bond acceptors (Lipinski definition) is 5. The molecule has 1 fully saturated rings. The van der Waals surface area contributed by atoms with E-state index in [1.165, 1.54) is 12.8 Å². The van der Waals surface area contributed by atoms with E-state index in [0.717, 1.165) is 17.8 Å². The van der Waals surface area contributed by atoms with E-state index in [0.29, 0.717) is 24.1 Å². The van der Waals surface area contributed by atoms with Gasteiger partial charge >= 0.3 is 0 Å². The van der Waals surface area contributed by atoms with Crippen molar-refractivity contribution in [2.45, 2.75) is 32.7 Å². The second kappa shape index (κ2) is 6.09. The lowest BCUT2D eigenvalue weighted by Gasteiger charge is -2.17. The van der Waals surface area contributed by atoms with E-state index in [1.807, 2.05) is 19.9 Å². The topological polar surface area (TPSA) is 84.0 Å². The fourth-order valence-electron chi connectivity index (χ4n) is 2.25. The normalized spacial score (nSPS) is 15.7. The fourth-order valence-corrected chi connectivity index (χ4v) is 2.25. The Labute approximate surface area is 119 Å². The van der Waals surface area contributed by atoms with Gasteiger partial charge in [0.2, 0.25) is 5.88 Å². The summed E-state index contributed by atoms with van der Waals surface area (Å²) in [5.41, 5.74) is 8.00. The van der Waals surface area contributed by atoms with Gasteiger partial charge in [0.15, 0.2) is 5.84 Å². The lowest BCUT2D eigenvalue weighted by Crippen LogP contribution is -2.27.